The van der Waals surface area contributed by atoms with Crippen molar-refractivity contribution in [2.75, 3.05) is 0 Å². The van der Waals surface area contributed by atoms with Crippen LogP contribution in [0.15, 0.2) is 48.5 Å². The largest absolute Gasteiger partial charge is 0.508 e. The van der Waals surface area contributed by atoms with Crippen molar-refractivity contribution in [1.29, 1.82) is 0 Å². The standard InChI is InChI=1S/C21H22N4O3/c1-13-4-6-16(7-5-13)12-25-15(3)19(14(2)24-25)21(28)23-22-20(27)17-8-10-18(26)11-9-17/h4-11,26H,12H2,1-3H3,(H,22,27)(H,23,28). The molecule has 0 unspecified atom stereocenters. The van der Waals surface area contributed by atoms with E-state index in [0.717, 1.165) is 11.3 Å². The van der Waals surface area contributed by atoms with Crippen LogP contribution in [0.25, 0.3) is 0 Å². The number of benzene rings is 2. The van der Waals surface area contributed by atoms with Gasteiger partial charge >= 0.3 is 0 Å². The zero-order valence-electron chi connectivity index (χ0n) is 16.0. The number of phenols is 1. The van der Waals surface area contributed by atoms with Crippen molar-refractivity contribution in [1.82, 2.24) is 20.6 Å². The lowest BCUT2D eigenvalue weighted by molar-refractivity contribution is 0.0846. The van der Waals surface area contributed by atoms with Crippen LogP contribution in [0.4, 0.5) is 0 Å². The van der Waals surface area contributed by atoms with Crippen LogP contribution in [0, 0.1) is 20.8 Å². The summed E-state index contributed by atoms with van der Waals surface area (Å²) in [5.74, 6) is -0.846. The molecule has 144 valence electrons. The lowest BCUT2D eigenvalue weighted by Gasteiger charge is -2.09. The van der Waals surface area contributed by atoms with E-state index in [1.807, 2.05) is 38.1 Å². The first-order chi connectivity index (χ1) is 13.3. The normalized spacial score (nSPS) is 10.5. The summed E-state index contributed by atoms with van der Waals surface area (Å²) in [7, 11) is 0. The molecule has 0 radical (unpaired) electrons. The number of phenolic OH excluding ortho intramolecular Hbond substituents is 1. The van der Waals surface area contributed by atoms with E-state index in [1.54, 1.807) is 11.6 Å². The van der Waals surface area contributed by atoms with Gasteiger partial charge in [-0.2, -0.15) is 5.10 Å². The highest BCUT2D eigenvalue weighted by Gasteiger charge is 2.19. The van der Waals surface area contributed by atoms with Crippen LogP contribution in [0.1, 0.15) is 43.2 Å². The van der Waals surface area contributed by atoms with Gasteiger partial charge in [-0.1, -0.05) is 29.8 Å². The van der Waals surface area contributed by atoms with Crippen molar-refractivity contribution < 1.29 is 14.7 Å². The van der Waals surface area contributed by atoms with E-state index in [2.05, 4.69) is 16.0 Å². The van der Waals surface area contributed by atoms with Crippen molar-refractivity contribution in [3.05, 3.63) is 82.2 Å². The van der Waals surface area contributed by atoms with E-state index < -0.39 is 11.8 Å². The predicted molar refractivity (Wildman–Crippen MR) is 105 cm³/mol. The highest BCUT2D eigenvalue weighted by atomic mass is 16.3. The summed E-state index contributed by atoms with van der Waals surface area (Å²) in [6.45, 7) is 6.17. The molecule has 7 nitrogen and oxygen atoms in total. The Bertz CT molecular complexity index is 1010. The second-order valence-corrected chi connectivity index (χ2v) is 6.64. The quantitative estimate of drug-likeness (QED) is 0.608. The van der Waals surface area contributed by atoms with Gasteiger partial charge in [0.1, 0.15) is 5.75 Å². The highest BCUT2D eigenvalue weighted by Crippen LogP contribution is 2.15. The van der Waals surface area contributed by atoms with Crippen molar-refractivity contribution >= 4 is 11.8 Å². The molecule has 28 heavy (non-hydrogen) atoms. The van der Waals surface area contributed by atoms with Crippen molar-refractivity contribution in [3.8, 4) is 5.75 Å². The summed E-state index contributed by atoms with van der Waals surface area (Å²) in [6, 6.07) is 13.9. The van der Waals surface area contributed by atoms with Gasteiger partial charge in [-0.05, 0) is 50.6 Å². The lowest BCUT2D eigenvalue weighted by atomic mass is 10.1. The van der Waals surface area contributed by atoms with E-state index in [9.17, 15) is 14.7 Å². The fraction of sp³-hybridized carbons (Fsp3) is 0.190. The zero-order chi connectivity index (χ0) is 20.3. The molecule has 3 rings (SSSR count). The molecule has 3 aromatic rings. The van der Waals surface area contributed by atoms with Crippen LogP contribution in [0.3, 0.4) is 0 Å². The maximum atomic E-state index is 12.6. The van der Waals surface area contributed by atoms with E-state index >= 15 is 0 Å². The molecule has 3 N–H and O–H groups in total. The van der Waals surface area contributed by atoms with Gasteiger partial charge in [0.25, 0.3) is 11.8 Å². The third-order valence-corrected chi connectivity index (χ3v) is 4.48. The summed E-state index contributed by atoms with van der Waals surface area (Å²) in [4.78, 5) is 24.7. The van der Waals surface area contributed by atoms with Crippen molar-refractivity contribution in [2.45, 2.75) is 27.3 Å². The molecule has 0 atom stereocenters. The molecule has 0 aliphatic carbocycles. The summed E-state index contributed by atoms with van der Waals surface area (Å²) >= 11 is 0. The number of nitrogens with one attached hydrogen (secondary N) is 2. The van der Waals surface area contributed by atoms with Crippen LogP contribution in [-0.4, -0.2) is 26.7 Å². The Morgan fingerprint density at radius 1 is 0.929 bits per heavy atom. The third kappa shape index (κ3) is 4.20. The number of aromatic nitrogens is 2. The Kier molecular flexibility index (Phi) is 5.44. The van der Waals surface area contributed by atoms with Gasteiger partial charge in [-0.25, -0.2) is 0 Å². The molecule has 0 saturated heterocycles. The second-order valence-electron chi connectivity index (χ2n) is 6.64. The minimum absolute atomic E-state index is 0.0628. The summed E-state index contributed by atoms with van der Waals surface area (Å²) in [5, 5.41) is 13.7. The number of nitrogens with zero attached hydrogens (tertiary/aromatic N) is 2. The molecule has 0 fully saturated rings. The fourth-order valence-corrected chi connectivity index (χ4v) is 2.91. The summed E-state index contributed by atoms with van der Waals surface area (Å²) in [5.41, 5.74) is 9.12. The number of aromatic hydroxyl groups is 1. The zero-order valence-corrected chi connectivity index (χ0v) is 16.0. The monoisotopic (exact) mass is 378 g/mol. The van der Waals surface area contributed by atoms with Gasteiger partial charge in [0.2, 0.25) is 0 Å². The van der Waals surface area contributed by atoms with Gasteiger partial charge in [0.05, 0.1) is 17.8 Å². The summed E-state index contributed by atoms with van der Waals surface area (Å²) < 4.78 is 1.77. The molecule has 0 aliphatic heterocycles. The first-order valence-electron chi connectivity index (χ1n) is 8.84. The molecule has 1 aromatic heterocycles. The van der Waals surface area contributed by atoms with Crippen LogP contribution >= 0.6 is 0 Å². The summed E-state index contributed by atoms with van der Waals surface area (Å²) in [6.07, 6.45) is 0. The topological polar surface area (TPSA) is 96.3 Å². The van der Waals surface area contributed by atoms with Gasteiger partial charge in [-0.3, -0.25) is 25.1 Å². The first-order valence-corrected chi connectivity index (χ1v) is 8.84. The van der Waals surface area contributed by atoms with Crippen LogP contribution in [0.2, 0.25) is 0 Å². The Morgan fingerprint density at radius 2 is 1.54 bits per heavy atom. The smallest absolute Gasteiger partial charge is 0.273 e. The molecule has 2 aromatic carbocycles. The number of carbonyl (C=O) groups excluding carboxylic acids is 2. The number of rotatable bonds is 4. The molecule has 1 heterocycles. The highest BCUT2D eigenvalue weighted by molar-refractivity contribution is 6.00. The molecule has 0 saturated carbocycles. The number of hydrazine groups is 1. The molecule has 0 aliphatic rings. The number of carbonyl (C=O) groups is 2. The van der Waals surface area contributed by atoms with E-state index in [-0.39, 0.29) is 5.75 Å². The fourth-order valence-electron chi connectivity index (χ4n) is 2.91. The van der Waals surface area contributed by atoms with Crippen LogP contribution in [-0.2, 0) is 6.54 Å². The molecule has 0 bridgehead atoms. The number of hydrogen-bond donors (Lipinski definition) is 3. The van der Waals surface area contributed by atoms with Gasteiger partial charge < -0.3 is 5.11 Å². The van der Waals surface area contributed by atoms with Gasteiger partial charge in [0.15, 0.2) is 0 Å². The SMILES string of the molecule is Cc1ccc(Cn2nc(C)c(C(=O)NNC(=O)c3ccc(O)cc3)c2C)cc1. The number of amides is 2. The third-order valence-electron chi connectivity index (χ3n) is 4.48. The first kappa shape index (κ1) is 19.2. The number of hydrogen-bond acceptors (Lipinski definition) is 4. The van der Waals surface area contributed by atoms with Crippen LogP contribution < -0.4 is 10.9 Å². The predicted octanol–water partition coefficient (Wildman–Crippen LogP) is 2.64. The minimum atomic E-state index is -0.476. The molecule has 0 spiro atoms. The van der Waals surface area contributed by atoms with Crippen molar-refractivity contribution in [3.63, 3.8) is 0 Å². The lowest BCUT2D eigenvalue weighted by Crippen LogP contribution is -2.42. The average molecular weight is 378 g/mol. The van der Waals surface area contributed by atoms with Crippen LogP contribution in [0.5, 0.6) is 5.75 Å². The van der Waals surface area contributed by atoms with Gasteiger partial charge in [-0.15, -0.1) is 0 Å². The maximum absolute atomic E-state index is 12.6. The second kappa shape index (κ2) is 7.96. The molecular weight excluding hydrogens is 356 g/mol. The Morgan fingerprint density at radius 3 is 2.18 bits per heavy atom. The average Bonchev–Trinajstić information content (AvgIpc) is 2.95. The Hall–Kier alpha value is -3.61. The van der Waals surface area contributed by atoms with E-state index in [4.69, 9.17) is 0 Å². The Labute approximate surface area is 163 Å². The number of aryl methyl sites for hydroxylation is 2. The van der Waals surface area contributed by atoms with E-state index in [0.29, 0.717) is 23.4 Å². The van der Waals surface area contributed by atoms with E-state index in [1.165, 1.54) is 29.8 Å². The maximum Gasteiger partial charge on any atom is 0.273 e. The molecule has 2 amide bonds. The molecule has 7 heteroatoms. The molecular formula is C21H22N4O3. The minimum Gasteiger partial charge on any atom is -0.508 e. The van der Waals surface area contributed by atoms with Crippen molar-refractivity contribution in [2.24, 2.45) is 0 Å². The Balaban J connectivity index is 1.69. The van der Waals surface area contributed by atoms with Gasteiger partial charge in [0, 0.05) is 11.3 Å².